The van der Waals surface area contributed by atoms with E-state index in [9.17, 15) is 9.59 Å². The predicted octanol–water partition coefficient (Wildman–Crippen LogP) is 3.20. The molecule has 2 N–H and O–H groups in total. The highest BCUT2D eigenvalue weighted by atomic mass is 16.5. The first-order valence-electron chi connectivity index (χ1n) is 7.19. The quantitative estimate of drug-likeness (QED) is 0.686. The highest BCUT2D eigenvalue weighted by molar-refractivity contribution is 5.90. The molecule has 116 valence electrons. The number of anilines is 1. The Hall–Kier alpha value is -1.88. The second kappa shape index (κ2) is 9.13. The van der Waals surface area contributed by atoms with Gasteiger partial charge in [0.1, 0.15) is 0 Å². The van der Waals surface area contributed by atoms with E-state index in [1.807, 2.05) is 38.1 Å². The van der Waals surface area contributed by atoms with E-state index in [1.54, 1.807) is 0 Å². The van der Waals surface area contributed by atoms with Crippen LogP contribution in [0, 0.1) is 0 Å². The second-order valence-corrected chi connectivity index (χ2v) is 5.21. The van der Waals surface area contributed by atoms with Crippen molar-refractivity contribution in [1.82, 2.24) is 0 Å². The number of rotatable bonds is 9. The molecule has 0 bridgehead atoms. The summed E-state index contributed by atoms with van der Waals surface area (Å²) in [5.74, 6) is -0.921. The van der Waals surface area contributed by atoms with Crippen molar-refractivity contribution < 1.29 is 19.4 Å². The third kappa shape index (κ3) is 8.09. The number of aliphatic carboxylic acids is 1. The van der Waals surface area contributed by atoms with Crippen LogP contribution in [-0.4, -0.2) is 23.1 Å². The molecule has 0 spiro atoms. The molecule has 0 fully saturated rings. The van der Waals surface area contributed by atoms with Crippen LogP contribution < -0.4 is 5.32 Å². The number of nitrogens with one attached hydrogen (secondary N) is 1. The third-order valence-electron chi connectivity index (χ3n) is 2.84. The lowest BCUT2D eigenvalue weighted by Gasteiger charge is -2.10. The number of carbonyl (C=O) groups is 2. The van der Waals surface area contributed by atoms with Crippen molar-refractivity contribution in [3.05, 3.63) is 29.8 Å². The summed E-state index contributed by atoms with van der Waals surface area (Å²) in [6.45, 7) is 4.46. The number of amides is 1. The molecule has 1 amide bonds. The standard InChI is InChI=1S/C16H23NO4/c1-12(2)21-11-13-6-5-7-14(10-13)17-15(18)8-3-4-9-16(19)20/h5-7,10,12H,3-4,8-9,11H2,1-2H3,(H,17,18)(H,19,20). The van der Waals surface area contributed by atoms with E-state index in [4.69, 9.17) is 9.84 Å². The number of benzene rings is 1. The molecule has 1 aromatic rings. The first-order valence-corrected chi connectivity index (χ1v) is 7.19. The van der Waals surface area contributed by atoms with Gasteiger partial charge in [0, 0.05) is 18.5 Å². The number of hydrogen-bond acceptors (Lipinski definition) is 3. The smallest absolute Gasteiger partial charge is 0.303 e. The summed E-state index contributed by atoms with van der Waals surface area (Å²) < 4.78 is 5.52. The van der Waals surface area contributed by atoms with Gasteiger partial charge in [0.2, 0.25) is 5.91 Å². The molecule has 0 unspecified atom stereocenters. The lowest BCUT2D eigenvalue weighted by molar-refractivity contribution is -0.137. The molecule has 0 aliphatic carbocycles. The Morgan fingerprint density at radius 1 is 1.24 bits per heavy atom. The van der Waals surface area contributed by atoms with Crippen molar-refractivity contribution in [3.63, 3.8) is 0 Å². The summed E-state index contributed by atoms with van der Waals surface area (Å²) in [5, 5.41) is 11.3. The van der Waals surface area contributed by atoms with Crippen LogP contribution >= 0.6 is 0 Å². The topological polar surface area (TPSA) is 75.6 Å². The number of unbranched alkanes of at least 4 members (excludes halogenated alkanes) is 1. The summed E-state index contributed by atoms with van der Waals surface area (Å²) >= 11 is 0. The Morgan fingerprint density at radius 3 is 2.62 bits per heavy atom. The van der Waals surface area contributed by atoms with Crippen LogP contribution in [-0.2, 0) is 20.9 Å². The summed E-state index contributed by atoms with van der Waals surface area (Å²) in [6.07, 6.45) is 1.70. The molecule has 1 aromatic carbocycles. The van der Waals surface area contributed by atoms with Gasteiger partial charge in [-0.1, -0.05) is 12.1 Å². The minimum Gasteiger partial charge on any atom is -0.481 e. The fourth-order valence-electron chi connectivity index (χ4n) is 1.79. The van der Waals surface area contributed by atoms with Gasteiger partial charge in [0.15, 0.2) is 0 Å². The third-order valence-corrected chi connectivity index (χ3v) is 2.84. The Morgan fingerprint density at radius 2 is 1.95 bits per heavy atom. The molecule has 21 heavy (non-hydrogen) atoms. The van der Waals surface area contributed by atoms with E-state index in [0.717, 1.165) is 11.3 Å². The Labute approximate surface area is 125 Å². The molecule has 0 radical (unpaired) electrons. The fraction of sp³-hybridized carbons (Fsp3) is 0.500. The molecule has 0 aliphatic heterocycles. The van der Waals surface area contributed by atoms with Crippen LogP contribution in [0.3, 0.4) is 0 Å². The van der Waals surface area contributed by atoms with Gasteiger partial charge in [-0.15, -0.1) is 0 Å². The molecule has 0 saturated heterocycles. The van der Waals surface area contributed by atoms with E-state index in [2.05, 4.69) is 5.32 Å². The molecule has 5 nitrogen and oxygen atoms in total. The zero-order valence-electron chi connectivity index (χ0n) is 12.6. The molecule has 0 heterocycles. The van der Waals surface area contributed by atoms with Crippen molar-refractivity contribution in [3.8, 4) is 0 Å². The van der Waals surface area contributed by atoms with Crippen molar-refractivity contribution >= 4 is 17.6 Å². The summed E-state index contributed by atoms with van der Waals surface area (Å²) in [6, 6.07) is 7.54. The van der Waals surface area contributed by atoms with Gasteiger partial charge in [-0.05, 0) is 44.4 Å². The van der Waals surface area contributed by atoms with Crippen molar-refractivity contribution in [2.45, 2.75) is 52.2 Å². The molecular formula is C16H23NO4. The zero-order valence-corrected chi connectivity index (χ0v) is 12.6. The SMILES string of the molecule is CC(C)OCc1cccc(NC(=O)CCCCC(=O)O)c1. The highest BCUT2D eigenvalue weighted by Gasteiger charge is 2.05. The van der Waals surface area contributed by atoms with E-state index >= 15 is 0 Å². The lowest BCUT2D eigenvalue weighted by Crippen LogP contribution is -2.11. The van der Waals surface area contributed by atoms with Gasteiger partial charge in [0.25, 0.3) is 0 Å². The monoisotopic (exact) mass is 293 g/mol. The maximum atomic E-state index is 11.7. The van der Waals surface area contributed by atoms with Crippen molar-refractivity contribution in [2.24, 2.45) is 0 Å². The van der Waals surface area contributed by atoms with Crippen LogP contribution in [0.1, 0.15) is 45.1 Å². The van der Waals surface area contributed by atoms with E-state index in [0.29, 0.717) is 25.9 Å². The normalized spacial score (nSPS) is 10.6. The Kier molecular flexibility index (Phi) is 7.46. The van der Waals surface area contributed by atoms with Crippen LogP contribution in [0.25, 0.3) is 0 Å². The fourth-order valence-corrected chi connectivity index (χ4v) is 1.79. The molecular weight excluding hydrogens is 270 g/mol. The predicted molar refractivity (Wildman–Crippen MR) is 81.1 cm³/mol. The molecule has 5 heteroatoms. The van der Waals surface area contributed by atoms with Crippen LogP contribution in [0.2, 0.25) is 0 Å². The second-order valence-electron chi connectivity index (χ2n) is 5.21. The number of carboxylic acid groups (broad SMARTS) is 1. The average Bonchev–Trinajstić information content (AvgIpc) is 2.41. The van der Waals surface area contributed by atoms with Crippen molar-refractivity contribution in [1.29, 1.82) is 0 Å². The minimum absolute atomic E-state index is 0.0951. The molecule has 0 saturated carbocycles. The van der Waals surface area contributed by atoms with Crippen LogP contribution in [0.5, 0.6) is 0 Å². The van der Waals surface area contributed by atoms with Gasteiger partial charge >= 0.3 is 5.97 Å². The van der Waals surface area contributed by atoms with Gasteiger partial charge in [-0.25, -0.2) is 0 Å². The summed E-state index contributed by atoms with van der Waals surface area (Å²) in [7, 11) is 0. The molecule has 1 rings (SSSR count). The van der Waals surface area contributed by atoms with Crippen LogP contribution in [0.15, 0.2) is 24.3 Å². The number of carboxylic acids is 1. The first kappa shape index (κ1) is 17.2. The molecule has 0 atom stereocenters. The van der Waals surface area contributed by atoms with Gasteiger partial charge in [-0.3, -0.25) is 9.59 Å². The Bertz CT molecular complexity index is 471. The highest BCUT2D eigenvalue weighted by Crippen LogP contribution is 2.13. The largest absolute Gasteiger partial charge is 0.481 e. The van der Waals surface area contributed by atoms with Crippen molar-refractivity contribution in [2.75, 3.05) is 5.32 Å². The minimum atomic E-state index is -0.826. The maximum Gasteiger partial charge on any atom is 0.303 e. The summed E-state index contributed by atoms with van der Waals surface area (Å²) in [4.78, 5) is 22.1. The molecule has 0 aliphatic rings. The number of ether oxygens (including phenoxy) is 1. The van der Waals surface area contributed by atoms with E-state index < -0.39 is 5.97 Å². The number of carbonyl (C=O) groups excluding carboxylic acids is 1. The van der Waals surface area contributed by atoms with E-state index in [1.165, 1.54) is 0 Å². The molecule has 0 aromatic heterocycles. The lowest BCUT2D eigenvalue weighted by atomic mass is 10.1. The van der Waals surface area contributed by atoms with Gasteiger partial charge in [-0.2, -0.15) is 0 Å². The number of hydrogen-bond donors (Lipinski definition) is 2. The maximum absolute atomic E-state index is 11.7. The summed E-state index contributed by atoms with van der Waals surface area (Å²) in [5.41, 5.74) is 1.75. The first-order chi connectivity index (χ1) is 9.97. The average molecular weight is 293 g/mol. The van der Waals surface area contributed by atoms with Gasteiger partial charge < -0.3 is 15.2 Å². The van der Waals surface area contributed by atoms with Crippen LogP contribution in [0.4, 0.5) is 5.69 Å². The zero-order chi connectivity index (χ0) is 15.7. The van der Waals surface area contributed by atoms with E-state index in [-0.39, 0.29) is 18.4 Å². The van der Waals surface area contributed by atoms with Gasteiger partial charge in [0.05, 0.1) is 12.7 Å². The Balaban J connectivity index is 2.38.